The Labute approximate surface area is 131 Å². The van der Waals surface area contributed by atoms with Gasteiger partial charge in [0.05, 0.1) is 19.6 Å². The number of allylic oxidation sites excluding steroid dienone is 2. The molecule has 2 rings (SSSR count). The van der Waals surface area contributed by atoms with E-state index < -0.39 is 22.9 Å². The predicted octanol–water partition coefficient (Wildman–Crippen LogP) is 0.731. The second-order valence-corrected chi connectivity index (χ2v) is 4.82. The fourth-order valence-electron chi connectivity index (χ4n) is 2.19. The minimum atomic E-state index is -0.802. The zero-order chi connectivity index (χ0) is 17.0. The minimum absolute atomic E-state index is 0.0492. The molecule has 0 atom stereocenters. The lowest BCUT2D eigenvalue weighted by Gasteiger charge is -2.12. The van der Waals surface area contributed by atoms with E-state index in [2.05, 4.69) is 13.2 Å². The standard InChI is InChI=1S/C16H16FN3O3/c1-3-9-18-14(21)19(10-4-2)16(23)20(15(18)22)11-12-7-5-6-8-13(12)17/h3-8H,1-2,9-11H2. The van der Waals surface area contributed by atoms with Crippen LogP contribution in [0.4, 0.5) is 4.39 Å². The molecule has 0 aliphatic rings. The summed E-state index contributed by atoms with van der Waals surface area (Å²) in [6, 6.07) is 5.83. The third-order valence-corrected chi connectivity index (χ3v) is 3.30. The van der Waals surface area contributed by atoms with Gasteiger partial charge in [0.25, 0.3) is 0 Å². The van der Waals surface area contributed by atoms with Gasteiger partial charge in [-0.05, 0) is 6.07 Å². The first kappa shape index (κ1) is 16.4. The molecule has 0 saturated heterocycles. The summed E-state index contributed by atoms with van der Waals surface area (Å²) in [5.74, 6) is -0.532. The summed E-state index contributed by atoms with van der Waals surface area (Å²) in [6.45, 7) is 6.61. The molecule has 6 nitrogen and oxygen atoms in total. The smallest absolute Gasteiger partial charge is 0.247 e. The lowest BCUT2D eigenvalue weighted by atomic mass is 10.2. The third kappa shape index (κ3) is 3.13. The van der Waals surface area contributed by atoms with Crippen LogP contribution >= 0.6 is 0 Å². The predicted molar refractivity (Wildman–Crippen MR) is 85.1 cm³/mol. The first-order valence-electron chi connectivity index (χ1n) is 6.91. The molecule has 0 aliphatic carbocycles. The van der Waals surface area contributed by atoms with Crippen LogP contribution in [0.25, 0.3) is 0 Å². The molecule has 0 amide bonds. The van der Waals surface area contributed by atoms with Gasteiger partial charge >= 0.3 is 17.1 Å². The highest BCUT2D eigenvalue weighted by atomic mass is 19.1. The van der Waals surface area contributed by atoms with Crippen molar-refractivity contribution in [3.05, 3.63) is 92.4 Å². The zero-order valence-corrected chi connectivity index (χ0v) is 12.4. The van der Waals surface area contributed by atoms with Crippen molar-refractivity contribution in [1.29, 1.82) is 0 Å². The Morgan fingerprint density at radius 1 is 0.870 bits per heavy atom. The Bertz CT molecular complexity index is 873. The number of rotatable bonds is 6. The Kier molecular flexibility index (Phi) is 4.90. The average Bonchev–Trinajstić information content (AvgIpc) is 2.54. The maximum atomic E-state index is 13.8. The summed E-state index contributed by atoms with van der Waals surface area (Å²) in [6.07, 6.45) is 2.75. The molecule has 1 aromatic heterocycles. The highest BCUT2D eigenvalue weighted by molar-refractivity contribution is 5.17. The van der Waals surface area contributed by atoms with Crippen LogP contribution in [0.15, 0.2) is 64.0 Å². The van der Waals surface area contributed by atoms with Crippen molar-refractivity contribution in [2.45, 2.75) is 19.6 Å². The largest absolute Gasteiger partial charge is 0.336 e. The lowest BCUT2D eigenvalue weighted by Crippen LogP contribution is -2.54. The van der Waals surface area contributed by atoms with Crippen molar-refractivity contribution in [2.75, 3.05) is 0 Å². The third-order valence-electron chi connectivity index (χ3n) is 3.30. The number of hydrogen-bond acceptors (Lipinski definition) is 3. The first-order chi connectivity index (χ1) is 11.0. The molecule has 0 N–H and O–H groups in total. The van der Waals surface area contributed by atoms with Gasteiger partial charge in [-0.3, -0.25) is 0 Å². The van der Waals surface area contributed by atoms with E-state index in [0.717, 1.165) is 13.7 Å². The molecule has 2 aromatic rings. The quantitative estimate of drug-likeness (QED) is 0.738. The highest BCUT2D eigenvalue weighted by Crippen LogP contribution is 2.06. The van der Waals surface area contributed by atoms with Crippen LogP contribution in [-0.2, 0) is 19.6 Å². The van der Waals surface area contributed by atoms with Crippen molar-refractivity contribution in [3.8, 4) is 0 Å². The van der Waals surface area contributed by atoms with Gasteiger partial charge in [-0.25, -0.2) is 32.5 Å². The van der Waals surface area contributed by atoms with Crippen LogP contribution in [-0.4, -0.2) is 13.7 Å². The molecule has 0 radical (unpaired) electrons. The van der Waals surface area contributed by atoms with E-state index in [1.165, 1.54) is 30.4 Å². The molecule has 1 aromatic carbocycles. The molecule has 0 aliphatic heterocycles. The molecular formula is C16H16FN3O3. The molecule has 0 spiro atoms. The molecule has 0 fully saturated rings. The maximum Gasteiger partial charge on any atom is 0.336 e. The van der Waals surface area contributed by atoms with Gasteiger partial charge in [0.15, 0.2) is 0 Å². The van der Waals surface area contributed by atoms with E-state index >= 15 is 0 Å². The monoisotopic (exact) mass is 317 g/mol. The summed E-state index contributed by atoms with van der Waals surface area (Å²) in [7, 11) is 0. The van der Waals surface area contributed by atoms with Gasteiger partial charge in [0.2, 0.25) is 0 Å². The molecule has 0 saturated carbocycles. The second kappa shape index (κ2) is 6.87. The van der Waals surface area contributed by atoms with Crippen LogP contribution in [0.5, 0.6) is 0 Å². The summed E-state index contributed by atoms with van der Waals surface area (Å²) < 4.78 is 16.4. The van der Waals surface area contributed by atoms with Crippen molar-refractivity contribution in [1.82, 2.24) is 13.7 Å². The zero-order valence-electron chi connectivity index (χ0n) is 12.4. The summed E-state index contributed by atoms with van der Waals surface area (Å²) in [5, 5.41) is 0. The number of aromatic nitrogens is 3. The van der Waals surface area contributed by atoms with E-state index in [1.54, 1.807) is 6.07 Å². The van der Waals surface area contributed by atoms with Crippen LogP contribution in [0, 0.1) is 5.82 Å². The maximum absolute atomic E-state index is 13.8. The number of nitrogens with zero attached hydrogens (tertiary/aromatic N) is 3. The number of benzene rings is 1. The molecule has 0 unspecified atom stereocenters. The fourth-order valence-corrected chi connectivity index (χ4v) is 2.19. The van der Waals surface area contributed by atoms with Crippen molar-refractivity contribution in [2.24, 2.45) is 0 Å². The average molecular weight is 317 g/mol. The molecule has 0 bridgehead atoms. The number of halogens is 1. The van der Waals surface area contributed by atoms with Crippen LogP contribution in [0.1, 0.15) is 5.56 Å². The van der Waals surface area contributed by atoms with Gasteiger partial charge in [0, 0.05) is 5.56 Å². The molecule has 7 heteroatoms. The van der Waals surface area contributed by atoms with E-state index in [4.69, 9.17) is 0 Å². The summed E-state index contributed by atoms with van der Waals surface area (Å²) in [4.78, 5) is 37.0. The SMILES string of the molecule is C=CCn1c(=O)n(CC=C)c(=O)n(Cc2ccccc2F)c1=O. The fraction of sp³-hybridized carbons (Fsp3) is 0.188. The Morgan fingerprint density at radius 2 is 1.35 bits per heavy atom. The van der Waals surface area contributed by atoms with E-state index in [1.807, 2.05) is 0 Å². The molecule has 23 heavy (non-hydrogen) atoms. The minimum Gasteiger partial charge on any atom is -0.247 e. The Hall–Kier alpha value is -2.96. The molecule has 120 valence electrons. The van der Waals surface area contributed by atoms with Gasteiger partial charge in [0.1, 0.15) is 5.82 Å². The van der Waals surface area contributed by atoms with Crippen molar-refractivity contribution >= 4 is 0 Å². The van der Waals surface area contributed by atoms with Gasteiger partial charge in [-0.1, -0.05) is 30.4 Å². The van der Waals surface area contributed by atoms with E-state index in [9.17, 15) is 18.8 Å². The second-order valence-electron chi connectivity index (χ2n) is 4.82. The highest BCUT2D eigenvalue weighted by Gasteiger charge is 2.15. The van der Waals surface area contributed by atoms with Crippen LogP contribution < -0.4 is 17.1 Å². The van der Waals surface area contributed by atoms with Crippen molar-refractivity contribution < 1.29 is 4.39 Å². The molecular weight excluding hydrogens is 301 g/mol. The summed E-state index contributed by atoms with van der Waals surface area (Å²) in [5.41, 5.74) is -2.17. The Balaban J connectivity index is 2.72. The molecule has 1 heterocycles. The number of hydrogen-bond donors (Lipinski definition) is 0. The van der Waals surface area contributed by atoms with Gasteiger partial charge in [-0.15, -0.1) is 13.2 Å². The topological polar surface area (TPSA) is 66.0 Å². The van der Waals surface area contributed by atoms with Crippen LogP contribution in [0.3, 0.4) is 0 Å². The summed E-state index contributed by atoms with van der Waals surface area (Å²) >= 11 is 0. The van der Waals surface area contributed by atoms with Gasteiger partial charge < -0.3 is 0 Å². The van der Waals surface area contributed by atoms with E-state index in [-0.39, 0.29) is 25.2 Å². The van der Waals surface area contributed by atoms with Crippen molar-refractivity contribution in [3.63, 3.8) is 0 Å². The lowest BCUT2D eigenvalue weighted by molar-refractivity contribution is 0.490. The normalized spacial score (nSPS) is 10.5. The van der Waals surface area contributed by atoms with E-state index in [0.29, 0.717) is 0 Å². The van der Waals surface area contributed by atoms with Crippen LogP contribution in [0.2, 0.25) is 0 Å². The van der Waals surface area contributed by atoms with Gasteiger partial charge in [-0.2, -0.15) is 0 Å². The first-order valence-corrected chi connectivity index (χ1v) is 6.91. The Morgan fingerprint density at radius 3 is 1.83 bits per heavy atom.